The Morgan fingerprint density at radius 3 is 1.83 bits per heavy atom. The number of carbonyl (C=O) groups is 1. The van der Waals surface area contributed by atoms with Gasteiger partial charge in [-0.3, -0.25) is 15.1 Å². The number of nitrogens with zero attached hydrogens (tertiary/aromatic N) is 4. The number of aromatic nitrogens is 5. The summed E-state index contributed by atoms with van der Waals surface area (Å²) < 4.78 is 0. The van der Waals surface area contributed by atoms with E-state index in [1.54, 1.807) is 49.1 Å². The summed E-state index contributed by atoms with van der Waals surface area (Å²) in [6.07, 6.45) is 8.65. The van der Waals surface area contributed by atoms with Crippen molar-refractivity contribution in [2.75, 3.05) is 5.06 Å². The van der Waals surface area contributed by atoms with Crippen LogP contribution in [0.1, 0.15) is 12.6 Å². The van der Waals surface area contributed by atoms with Crippen molar-refractivity contribution < 1.29 is 10.0 Å². The zero-order valence-electron chi connectivity index (χ0n) is 16.3. The minimum absolute atomic E-state index is 0. The zero-order valence-corrected chi connectivity index (χ0v) is 18.4. The van der Waals surface area contributed by atoms with Crippen molar-refractivity contribution in [2.24, 2.45) is 0 Å². The topological polar surface area (TPSA) is 111 Å². The van der Waals surface area contributed by atoms with E-state index in [-0.39, 0.29) is 17.1 Å². The van der Waals surface area contributed by atoms with Crippen LogP contribution in [0.25, 0.3) is 0 Å². The fourth-order valence-electron chi connectivity index (χ4n) is 1.64. The maximum atomic E-state index is 10.6. The molecule has 3 heterocycles. The molecule has 0 radical (unpaired) electrons. The molecular formula is C20H26N6O2Se. The third-order valence-electron chi connectivity index (χ3n) is 2.94. The number of H-pyrrole nitrogens is 2. The second-order valence-electron chi connectivity index (χ2n) is 5.20. The number of hydroxylamine groups is 1. The predicted molar refractivity (Wildman–Crippen MR) is 116 cm³/mol. The molecule has 3 aromatic heterocycles. The molecule has 154 valence electrons. The van der Waals surface area contributed by atoms with Gasteiger partial charge in [0.1, 0.15) is 0 Å². The quantitative estimate of drug-likeness (QED) is 0.229. The van der Waals surface area contributed by atoms with Gasteiger partial charge in [-0.15, -0.1) is 0 Å². The van der Waals surface area contributed by atoms with Gasteiger partial charge >= 0.3 is 17.1 Å². The number of amides is 1. The van der Waals surface area contributed by atoms with Crippen molar-refractivity contribution in [3.05, 3.63) is 97.3 Å². The van der Waals surface area contributed by atoms with Gasteiger partial charge < -0.3 is 4.98 Å². The maximum Gasteiger partial charge on any atom is 0.0496 e. The van der Waals surface area contributed by atoms with Crippen molar-refractivity contribution in [1.82, 2.24) is 25.4 Å². The van der Waals surface area contributed by atoms with Crippen LogP contribution in [0.15, 0.2) is 91.6 Å². The fraction of sp³-hybridized carbons (Fsp3) is 0.100. The van der Waals surface area contributed by atoms with E-state index in [0.29, 0.717) is 10.8 Å². The second kappa shape index (κ2) is 16.9. The van der Waals surface area contributed by atoms with E-state index in [2.05, 4.69) is 25.4 Å². The molecule has 0 saturated heterocycles. The average molecular weight is 461 g/mol. The van der Waals surface area contributed by atoms with E-state index in [9.17, 15) is 4.79 Å². The Kier molecular flexibility index (Phi) is 15.0. The van der Waals surface area contributed by atoms with Gasteiger partial charge in [0, 0.05) is 43.6 Å². The molecule has 4 rings (SSSR count). The van der Waals surface area contributed by atoms with Gasteiger partial charge in [0.2, 0.25) is 5.91 Å². The Hall–Kier alpha value is -3.26. The first-order chi connectivity index (χ1) is 13.6. The van der Waals surface area contributed by atoms with Gasteiger partial charge in [-0.05, 0) is 49.4 Å². The van der Waals surface area contributed by atoms with E-state index >= 15 is 0 Å². The fourth-order valence-corrected chi connectivity index (χ4v) is 1.64. The van der Waals surface area contributed by atoms with Crippen LogP contribution in [0.5, 0.6) is 0 Å². The van der Waals surface area contributed by atoms with Crippen LogP contribution in [0.4, 0.5) is 5.69 Å². The molecule has 8 nitrogen and oxygen atoms in total. The third-order valence-corrected chi connectivity index (χ3v) is 2.94. The summed E-state index contributed by atoms with van der Waals surface area (Å²) in [4.78, 5) is 13.6. The number of carbonyl (C=O) groups excluding carboxylic acids is 1. The van der Waals surface area contributed by atoms with Crippen LogP contribution in [-0.4, -0.2) is 53.6 Å². The molecule has 0 saturated carbocycles. The van der Waals surface area contributed by atoms with Crippen molar-refractivity contribution in [1.29, 1.82) is 0 Å². The molecule has 1 aromatic carbocycles. The number of aromatic amines is 2. The monoisotopic (exact) mass is 462 g/mol. The van der Waals surface area contributed by atoms with Crippen molar-refractivity contribution in [2.45, 2.75) is 13.8 Å². The van der Waals surface area contributed by atoms with E-state index in [1.165, 1.54) is 12.6 Å². The standard InChI is InChI=1S/C8H9NO2.C5H7N.C4H4N2.C3H4N2.H2Se/c1-7(10)9(11)8-5-3-2-4-6-8;1-5-3-2-4-6-5;1-2-4-6-5-3-1;1-2-4-5-3-1;/h2-6,11H,1H3;2-4,6H,1H3;1-4H;1-3H,(H,4,5);1H2. The summed E-state index contributed by atoms with van der Waals surface area (Å²) in [6.45, 7) is 3.33. The summed E-state index contributed by atoms with van der Waals surface area (Å²) in [5, 5.41) is 23.0. The van der Waals surface area contributed by atoms with Gasteiger partial charge in [0.15, 0.2) is 0 Å². The minimum Gasteiger partial charge on any atom is -0.286 e. The van der Waals surface area contributed by atoms with Crippen LogP contribution in [0.3, 0.4) is 0 Å². The number of benzene rings is 1. The van der Waals surface area contributed by atoms with Crippen LogP contribution < -0.4 is 5.06 Å². The molecule has 0 bridgehead atoms. The van der Waals surface area contributed by atoms with E-state index in [4.69, 9.17) is 5.21 Å². The molecule has 0 fully saturated rings. The summed E-state index contributed by atoms with van der Waals surface area (Å²) in [7, 11) is 0. The van der Waals surface area contributed by atoms with Crippen LogP contribution in [0, 0.1) is 6.92 Å². The SMILES string of the molecule is CC(=O)N(O)c1ccccc1.Cc1ccc[nH]1.[SeH2].c1ccnnc1.c1cn[nH]c1. The van der Waals surface area contributed by atoms with Crippen molar-refractivity contribution in [3.8, 4) is 0 Å². The molecule has 3 N–H and O–H groups in total. The Morgan fingerprint density at radius 2 is 1.55 bits per heavy atom. The first kappa shape index (κ1) is 25.7. The summed E-state index contributed by atoms with van der Waals surface area (Å²) in [5.41, 5.74) is 1.70. The largest absolute Gasteiger partial charge is 0.286 e. The molecule has 0 aliphatic heterocycles. The second-order valence-corrected chi connectivity index (χ2v) is 5.20. The van der Waals surface area contributed by atoms with Gasteiger partial charge in [-0.25, -0.2) is 0 Å². The smallest absolute Gasteiger partial charge is 0.0496 e. The Bertz CT molecular complexity index is 784. The molecule has 1 amide bonds. The molecule has 9 heteroatoms. The van der Waals surface area contributed by atoms with Crippen molar-refractivity contribution in [3.63, 3.8) is 0 Å². The Balaban J connectivity index is 0.000000376. The van der Waals surface area contributed by atoms with E-state index < -0.39 is 5.91 Å². The third kappa shape index (κ3) is 13.5. The summed E-state index contributed by atoms with van der Waals surface area (Å²) in [5.74, 6) is -0.392. The Morgan fingerprint density at radius 1 is 0.897 bits per heavy atom. The molecular weight excluding hydrogens is 435 g/mol. The molecule has 0 aliphatic carbocycles. The summed E-state index contributed by atoms with van der Waals surface area (Å²) in [6, 6.07) is 18.1. The van der Waals surface area contributed by atoms with Gasteiger partial charge in [-0.1, -0.05) is 18.2 Å². The van der Waals surface area contributed by atoms with E-state index in [1.807, 2.05) is 49.5 Å². The minimum atomic E-state index is -0.392. The average Bonchev–Trinajstić information content (AvgIpc) is 3.47. The number of aryl methyl sites for hydroxylation is 1. The molecule has 29 heavy (non-hydrogen) atoms. The summed E-state index contributed by atoms with van der Waals surface area (Å²) >= 11 is 0. The number of rotatable bonds is 1. The maximum absolute atomic E-state index is 10.6. The number of anilines is 1. The molecule has 4 aromatic rings. The van der Waals surface area contributed by atoms with Gasteiger partial charge in [-0.2, -0.15) is 20.4 Å². The van der Waals surface area contributed by atoms with E-state index in [0.717, 1.165) is 0 Å². The van der Waals surface area contributed by atoms with Crippen molar-refractivity contribution >= 4 is 28.7 Å². The number of nitrogens with one attached hydrogen (secondary N) is 2. The molecule has 0 unspecified atom stereocenters. The predicted octanol–water partition coefficient (Wildman–Crippen LogP) is 2.72. The first-order valence-corrected chi connectivity index (χ1v) is 8.41. The Labute approximate surface area is 180 Å². The number of para-hydroxylation sites is 1. The molecule has 0 spiro atoms. The first-order valence-electron chi connectivity index (χ1n) is 8.41. The van der Waals surface area contributed by atoms with Gasteiger partial charge in [0.05, 0.1) is 5.69 Å². The zero-order chi connectivity index (χ0) is 20.5. The number of hydrogen-bond acceptors (Lipinski definition) is 5. The van der Waals surface area contributed by atoms with Crippen LogP contribution >= 0.6 is 0 Å². The number of hydrogen-bond donors (Lipinski definition) is 3. The van der Waals surface area contributed by atoms with Gasteiger partial charge in [0.25, 0.3) is 0 Å². The normalized spacial score (nSPS) is 8.38. The van der Waals surface area contributed by atoms with Crippen LogP contribution in [0.2, 0.25) is 0 Å². The molecule has 0 aliphatic rings. The molecule has 0 atom stereocenters. The van der Waals surface area contributed by atoms with Crippen LogP contribution in [-0.2, 0) is 4.79 Å².